The molecule has 0 aliphatic heterocycles. The van der Waals surface area contributed by atoms with E-state index in [2.05, 4.69) is 5.32 Å². The molecule has 5 nitrogen and oxygen atoms in total. The molecular formula is C21H20FNO4. The third-order valence-corrected chi connectivity index (χ3v) is 4.14. The van der Waals surface area contributed by atoms with Gasteiger partial charge < -0.3 is 14.5 Å². The Morgan fingerprint density at radius 3 is 2.59 bits per heavy atom. The van der Waals surface area contributed by atoms with Crippen LogP contribution in [0.4, 0.5) is 10.1 Å². The number of anilines is 1. The van der Waals surface area contributed by atoms with Crippen molar-refractivity contribution in [3.05, 3.63) is 70.3 Å². The Morgan fingerprint density at radius 2 is 1.89 bits per heavy atom. The first kappa shape index (κ1) is 18.6. The molecule has 0 unspecified atom stereocenters. The van der Waals surface area contributed by atoms with Crippen LogP contribution >= 0.6 is 0 Å². The van der Waals surface area contributed by atoms with Crippen molar-refractivity contribution in [1.82, 2.24) is 0 Å². The van der Waals surface area contributed by atoms with Gasteiger partial charge in [0.15, 0.2) is 6.10 Å². The number of rotatable bonds is 5. The molecule has 6 heteroatoms. The molecule has 0 spiro atoms. The second kappa shape index (κ2) is 7.61. The van der Waals surface area contributed by atoms with Crippen LogP contribution in [-0.2, 0) is 4.79 Å². The fraction of sp³-hybridized carbons (Fsp3) is 0.238. The van der Waals surface area contributed by atoms with Crippen molar-refractivity contribution < 1.29 is 18.3 Å². The van der Waals surface area contributed by atoms with E-state index in [1.807, 2.05) is 13.8 Å². The summed E-state index contributed by atoms with van der Waals surface area (Å²) in [6, 6.07) is 12.2. The molecule has 1 N–H and O–H groups in total. The van der Waals surface area contributed by atoms with Crippen LogP contribution in [0, 0.1) is 5.82 Å². The van der Waals surface area contributed by atoms with E-state index < -0.39 is 23.5 Å². The molecule has 0 radical (unpaired) electrons. The van der Waals surface area contributed by atoms with Gasteiger partial charge >= 0.3 is 5.63 Å². The highest BCUT2D eigenvalue weighted by Gasteiger charge is 2.16. The predicted octanol–water partition coefficient (Wildman–Crippen LogP) is 4.46. The second-order valence-corrected chi connectivity index (χ2v) is 6.59. The average Bonchev–Trinajstić information content (AvgIpc) is 2.60. The Labute approximate surface area is 155 Å². The Morgan fingerprint density at radius 1 is 1.11 bits per heavy atom. The summed E-state index contributed by atoms with van der Waals surface area (Å²) in [6.45, 7) is 5.58. The molecular weight excluding hydrogens is 349 g/mol. The Bertz CT molecular complexity index is 1040. The summed E-state index contributed by atoms with van der Waals surface area (Å²) in [7, 11) is 0. The summed E-state index contributed by atoms with van der Waals surface area (Å²) in [5, 5.41) is 3.42. The molecule has 1 atom stereocenters. The number of fused-ring (bicyclic) bond motifs is 1. The van der Waals surface area contributed by atoms with E-state index in [9.17, 15) is 14.0 Å². The lowest BCUT2D eigenvalue weighted by Gasteiger charge is -2.15. The summed E-state index contributed by atoms with van der Waals surface area (Å²) < 4.78 is 24.1. The van der Waals surface area contributed by atoms with Crippen molar-refractivity contribution in [2.75, 3.05) is 5.32 Å². The summed E-state index contributed by atoms with van der Waals surface area (Å²) in [5.74, 6) is -0.294. The molecule has 1 amide bonds. The monoisotopic (exact) mass is 369 g/mol. The molecule has 140 valence electrons. The fourth-order valence-corrected chi connectivity index (χ4v) is 2.79. The van der Waals surface area contributed by atoms with E-state index in [0.29, 0.717) is 17.0 Å². The smallest absolute Gasteiger partial charge is 0.336 e. The van der Waals surface area contributed by atoms with Crippen LogP contribution in [0.2, 0.25) is 0 Å². The van der Waals surface area contributed by atoms with Gasteiger partial charge in [-0.25, -0.2) is 9.18 Å². The van der Waals surface area contributed by atoms with E-state index in [1.54, 1.807) is 31.2 Å². The Balaban J connectivity index is 1.79. The molecule has 0 saturated heterocycles. The SMILES string of the molecule is CC(C)c1cc(=O)oc2cc(O[C@H](C)C(=O)Nc3cccc(F)c3)ccc12. The third kappa shape index (κ3) is 4.34. The molecule has 1 aromatic heterocycles. The summed E-state index contributed by atoms with van der Waals surface area (Å²) in [5.41, 5.74) is 1.22. The highest BCUT2D eigenvalue weighted by Crippen LogP contribution is 2.27. The molecule has 3 aromatic rings. The first-order valence-electron chi connectivity index (χ1n) is 8.64. The first-order chi connectivity index (χ1) is 12.8. The predicted molar refractivity (Wildman–Crippen MR) is 102 cm³/mol. The lowest BCUT2D eigenvalue weighted by molar-refractivity contribution is -0.122. The van der Waals surface area contributed by atoms with Gasteiger partial charge in [0.2, 0.25) is 0 Å². The van der Waals surface area contributed by atoms with E-state index in [-0.39, 0.29) is 5.92 Å². The minimum atomic E-state index is -0.828. The third-order valence-electron chi connectivity index (χ3n) is 4.14. The molecule has 2 aromatic carbocycles. The first-order valence-corrected chi connectivity index (χ1v) is 8.64. The molecule has 0 aliphatic rings. The molecule has 1 heterocycles. The van der Waals surface area contributed by atoms with Crippen molar-refractivity contribution in [3.8, 4) is 5.75 Å². The summed E-state index contributed by atoms with van der Waals surface area (Å²) in [4.78, 5) is 24.0. The standard InChI is InChI=1S/C21H20FNO4/c1-12(2)18-11-20(24)27-19-10-16(7-8-17(18)19)26-13(3)21(25)23-15-6-4-5-14(22)9-15/h4-13H,1-3H3,(H,23,25)/t13-/m1/s1. The number of nitrogens with one attached hydrogen (secondary N) is 1. The van der Waals surface area contributed by atoms with Gasteiger partial charge in [-0.15, -0.1) is 0 Å². The normalized spacial score (nSPS) is 12.2. The summed E-state index contributed by atoms with van der Waals surface area (Å²) in [6.07, 6.45) is -0.828. The number of amides is 1. The van der Waals surface area contributed by atoms with Crippen LogP contribution in [0.1, 0.15) is 32.3 Å². The zero-order valence-electron chi connectivity index (χ0n) is 15.3. The van der Waals surface area contributed by atoms with Gasteiger partial charge in [-0.05, 0) is 48.7 Å². The van der Waals surface area contributed by atoms with Crippen LogP contribution in [-0.4, -0.2) is 12.0 Å². The lowest BCUT2D eigenvalue weighted by Crippen LogP contribution is -2.30. The van der Waals surface area contributed by atoms with E-state index in [1.165, 1.54) is 24.3 Å². The van der Waals surface area contributed by atoms with E-state index in [0.717, 1.165) is 10.9 Å². The maximum Gasteiger partial charge on any atom is 0.336 e. The number of halogens is 1. The lowest BCUT2D eigenvalue weighted by atomic mass is 10.00. The Kier molecular flexibility index (Phi) is 5.26. The number of ether oxygens (including phenoxy) is 1. The number of hydrogen-bond acceptors (Lipinski definition) is 4. The number of benzene rings is 2. The highest BCUT2D eigenvalue weighted by atomic mass is 19.1. The second-order valence-electron chi connectivity index (χ2n) is 6.59. The van der Waals surface area contributed by atoms with Crippen molar-refractivity contribution in [3.63, 3.8) is 0 Å². The number of hydrogen-bond donors (Lipinski definition) is 1. The zero-order valence-corrected chi connectivity index (χ0v) is 15.3. The minimum Gasteiger partial charge on any atom is -0.481 e. The summed E-state index contributed by atoms with van der Waals surface area (Å²) >= 11 is 0. The molecule has 0 aliphatic carbocycles. The van der Waals surface area contributed by atoms with Crippen LogP contribution in [0.3, 0.4) is 0 Å². The van der Waals surface area contributed by atoms with Gasteiger partial charge in [-0.2, -0.15) is 0 Å². The van der Waals surface area contributed by atoms with Crippen LogP contribution in [0.25, 0.3) is 11.0 Å². The van der Waals surface area contributed by atoms with E-state index in [4.69, 9.17) is 9.15 Å². The van der Waals surface area contributed by atoms with Crippen LogP contribution in [0.5, 0.6) is 5.75 Å². The zero-order chi connectivity index (χ0) is 19.6. The Hall–Kier alpha value is -3.15. The van der Waals surface area contributed by atoms with Gasteiger partial charge in [0.05, 0.1) is 0 Å². The highest BCUT2D eigenvalue weighted by molar-refractivity contribution is 5.94. The molecule has 0 saturated carbocycles. The van der Waals surface area contributed by atoms with Crippen molar-refractivity contribution >= 4 is 22.6 Å². The number of carbonyl (C=O) groups is 1. The molecule has 0 fully saturated rings. The average molecular weight is 369 g/mol. The van der Waals surface area contributed by atoms with Crippen molar-refractivity contribution in [2.45, 2.75) is 32.8 Å². The van der Waals surface area contributed by atoms with Gasteiger partial charge in [-0.3, -0.25) is 4.79 Å². The maximum atomic E-state index is 13.2. The van der Waals surface area contributed by atoms with Crippen molar-refractivity contribution in [2.24, 2.45) is 0 Å². The molecule has 3 rings (SSSR count). The van der Waals surface area contributed by atoms with Crippen molar-refractivity contribution in [1.29, 1.82) is 0 Å². The quantitative estimate of drug-likeness (QED) is 0.674. The minimum absolute atomic E-state index is 0.166. The maximum absolute atomic E-state index is 13.2. The topological polar surface area (TPSA) is 68.5 Å². The van der Waals surface area contributed by atoms with Gasteiger partial charge in [0.1, 0.15) is 17.1 Å². The van der Waals surface area contributed by atoms with Crippen LogP contribution in [0.15, 0.2) is 57.7 Å². The molecule has 27 heavy (non-hydrogen) atoms. The largest absolute Gasteiger partial charge is 0.481 e. The van der Waals surface area contributed by atoms with Gasteiger partial charge in [0, 0.05) is 23.2 Å². The van der Waals surface area contributed by atoms with Gasteiger partial charge in [0.25, 0.3) is 5.91 Å². The van der Waals surface area contributed by atoms with Crippen LogP contribution < -0.4 is 15.7 Å². The van der Waals surface area contributed by atoms with Gasteiger partial charge in [-0.1, -0.05) is 19.9 Å². The van der Waals surface area contributed by atoms with E-state index >= 15 is 0 Å². The number of carbonyl (C=O) groups excluding carboxylic acids is 1. The molecule has 0 bridgehead atoms. The fourth-order valence-electron chi connectivity index (χ4n) is 2.79.